The van der Waals surface area contributed by atoms with Gasteiger partial charge in [0.05, 0.1) is 0 Å². The van der Waals surface area contributed by atoms with E-state index < -0.39 is 12.0 Å². The van der Waals surface area contributed by atoms with Gasteiger partial charge in [-0.2, -0.15) is 0 Å². The number of carbonyl (C=O) groups excluding carboxylic acids is 1. The average Bonchev–Trinajstić information content (AvgIpc) is 2.74. The quantitative estimate of drug-likeness (QED) is 0.715. The molecule has 1 saturated heterocycles. The third-order valence-electron chi connectivity index (χ3n) is 3.23. The van der Waals surface area contributed by atoms with Crippen LogP contribution in [0.15, 0.2) is 0 Å². The van der Waals surface area contributed by atoms with Crippen LogP contribution in [0.4, 0.5) is 0 Å². The van der Waals surface area contributed by atoms with Crippen LogP contribution in [-0.2, 0) is 9.59 Å². The van der Waals surface area contributed by atoms with Crippen LogP contribution >= 0.6 is 0 Å². The van der Waals surface area contributed by atoms with Crippen LogP contribution in [0.25, 0.3) is 0 Å². The van der Waals surface area contributed by atoms with Gasteiger partial charge in [0.25, 0.3) is 0 Å². The van der Waals surface area contributed by atoms with Crippen molar-refractivity contribution in [3.05, 3.63) is 0 Å². The fourth-order valence-corrected chi connectivity index (χ4v) is 2.08. The van der Waals surface area contributed by atoms with E-state index in [1.54, 1.807) is 0 Å². The summed E-state index contributed by atoms with van der Waals surface area (Å²) in [6.45, 7) is 3.04. The van der Waals surface area contributed by atoms with Gasteiger partial charge >= 0.3 is 5.97 Å². The van der Waals surface area contributed by atoms with Crippen LogP contribution in [0.5, 0.6) is 0 Å². The molecular formula is C11H20N2O3. The largest absolute Gasteiger partial charge is 0.480 e. The van der Waals surface area contributed by atoms with Crippen molar-refractivity contribution in [2.75, 3.05) is 13.1 Å². The van der Waals surface area contributed by atoms with Gasteiger partial charge in [0.1, 0.15) is 6.04 Å². The Kier molecular flexibility index (Phi) is 4.73. The Balaban J connectivity index is 2.56. The molecule has 0 aromatic carbocycles. The molecule has 2 atom stereocenters. The van der Waals surface area contributed by atoms with Gasteiger partial charge in [-0.25, -0.2) is 4.79 Å². The monoisotopic (exact) mass is 228 g/mol. The topological polar surface area (TPSA) is 83.6 Å². The molecule has 0 aliphatic carbocycles. The molecule has 0 saturated carbocycles. The SMILES string of the molecule is CCC(CN)CC(=O)N1CCCC1C(=O)O. The number of rotatable bonds is 5. The third-order valence-corrected chi connectivity index (χ3v) is 3.23. The van der Waals surface area contributed by atoms with E-state index in [0.29, 0.717) is 25.9 Å². The van der Waals surface area contributed by atoms with Crippen molar-refractivity contribution in [2.45, 2.75) is 38.6 Å². The molecule has 5 heteroatoms. The first-order valence-electron chi connectivity index (χ1n) is 5.82. The first-order valence-corrected chi connectivity index (χ1v) is 5.82. The molecular weight excluding hydrogens is 208 g/mol. The summed E-state index contributed by atoms with van der Waals surface area (Å²) in [6, 6.07) is -0.622. The third kappa shape index (κ3) is 2.95. The van der Waals surface area contributed by atoms with Crippen molar-refractivity contribution in [2.24, 2.45) is 11.7 Å². The lowest BCUT2D eigenvalue weighted by atomic mass is 10.0. The summed E-state index contributed by atoms with van der Waals surface area (Å²) < 4.78 is 0. The molecule has 1 rings (SSSR count). The fourth-order valence-electron chi connectivity index (χ4n) is 2.08. The Morgan fingerprint density at radius 3 is 2.75 bits per heavy atom. The molecule has 0 aromatic rings. The summed E-state index contributed by atoms with van der Waals surface area (Å²) in [4.78, 5) is 24.3. The summed E-state index contributed by atoms with van der Waals surface area (Å²) in [5, 5.41) is 8.96. The van der Waals surface area contributed by atoms with Crippen molar-refractivity contribution in [1.29, 1.82) is 0 Å². The number of amides is 1. The summed E-state index contributed by atoms with van der Waals surface area (Å²) in [5.74, 6) is -0.795. The summed E-state index contributed by atoms with van der Waals surface area (Å²) >= 11 is 0. The second-order valence-corrected chi connectivity index (χ2v) is 4.30. The minimum absolute atomic E-state index is 0.0674. The van der Waals surface area contributed by atoms with E-state index in [2.05, 4.69) is 0 Å². The number of hydrogen-bond donors (Lipinski definition) is 2. The second kappa shape index (κ2) is 5.84. The molecule has 92 valence electrons. The Bertz CT molecular complexity index is 264. The lowest BCUT2D eigenvalue weighted by Gasteiger charge is -2.23. The molecule has 1 amide bonds. The molecule has 2 unspecified atom stereocenters. The molecule has 0 radical (unpaired) electrons. The van der Waals surface area contributed by atoms with E-state index in [1.807, 2.05) is 6.92 Å². The molecule has 1 aliphatic heterocycles. The van der Waals surface area contributed by atoms with Crippen molar-refractivity contribution in [3.8, 4) is 0 Å². The first-order chi connectivity index (χ1) is 7.60. The summed E-state index contributed by atoms with van der Waals surface area (Å²) in [6.07, 6.45) is 2.58. The van der Waals surface area contributed by atoms with Crippen molar-refractivity contribution in [1.82, 2.24) is 4.90 Å². The number of likely N-dealkylation sites (tertiary alicyclic amines) is 1. The van der Waals surface area contributed by atoms with Gasteiger partial charge in [-0.05, 0) is 25.3 Å². The highest BCUT2D eigenvalue weighted by Crippen LogP contribution is 2.20. The van der Waals surface area contributed by atoms with Crippen molar-refractivity contribution >= 4 is 11.9 Å². The predicted octanol–water partition coefficient (Wildman–Crippen LogP) is 0.437. The Morgan fingerprint density at radius 1 is 1.56 bits per heavy atom. The lowest BCUT2D eigenvalue weighted by molar-refractivity contribution is -0.148. The molecule has 16 heavy (non-hydrogen) atoms. The minimum Gasteiger partial charge on any atom is -0.480 e. The van der Waals surface area contributed by atoms with Gasteiger partial charge < -0.3 is 15.7 Å². The maximum absolute atomic E-state index is 11.9. The highest BCUT2D eigenvalue weighted by molar-refractivity contribution is 5.84. The molecule has 0 aromatic heterocycles. The number of nitrogens with two attached hydrogens (primary N) is 1. The number of carboxylic acids is 1. The molecule has 0 bridgehead atoms. The lowest BCUT2D eigenvalue weighted by Crippen LogP contribution is -2.41. The van der Waals surface area contributed by atoms with E-state index >= 15 is 0 Å². The van der Waals surface area contributed by atoms with E-state index in [0.717, 1.165) is 12.8 Å². The molecule has 3 N–H and O–H groups in total. The van der Waals surface area contributed by atoms with Crippen molar-refractivity contribution < 1.29 is 14.7 Å². The number of hydrogen-bond acceptors (Lipinski definition) is 3. The highest BCUT2D eigenvalue weighted by atomic mass is 16.4. The normalized spacial score (nSPS) is 22.1. The van der Waals surface area contributed by atoms with Crippen molar-refractivity contribution in [3.63, 3.8) is 0 Å². The van der Waals surface area contributed by atoms with Gasteiger partial charge in [0, 0.05) is 13.0 Å². The van der Waals surface area contributed by atoms with Crippen LogP contribution in [0.1, 0.15) is 32.6 Å². The second-order valence-electron chi connectivity index (χ2n) is 4.30. The Hall–Kier alpha value is -1.10. The van der Waals surface area contributed by atoms with Gasteiger partial charge in [-0.15, -0.1) is 0 Å². The number of nitrogens with zero attached hydrogens (tertiary/aromatic N) is 1. The molecule has 1 aliphatic rings. The number of aliphatic carboxylic acids is 1. The van der Waals surface area contributed by atoms with E-state index in [1.165, 1.54) is 4.90 Å². The molecule has 0 spiro atoms. The van der Waals surface area contributed by atoms with E-state index in [4.69, 9.17) is 10.8 Å². The first kappa shape index (κ1) is 13.0. The minimum atomic E-state index is -0.897. The van der Waals surface area contributed by atoms with E-state index in [9.17, 15) is 9.59 Å². The Morgan fingerprint density at radius 2 is 2.25 bits per heavy atom. The van der Waals surface area contributed by atoms with Gasteiger partial charge in [-0.1, -0.05) is 13.3 Å². The zero-order chi connectivity index (χ0) is 12.1. The van der Waals surface area contributed by atoms with Crippen LogP contribution in [-0.4, -0.2) is 41.0 Å². The van der Waals surface area contributed by atoms with Gasteiger partial charge in [-0.3, -0.25) is 4.79 Å². The highest BCUT2D eigenvalue weighted by Gasteiger charge is 2.34. The number of carboxylic acid groups (broad SMARTS) is 1. The summed E-state index contributed by atoms with van der Waals surface area (Å²) in [5.41, 5.74) is 5.54. The zero-order valence-electron chi connectivity index (χ0n) is 9.69. The number of carbonyl (C=O) groups is 2. The smallest absolute Gasteiger partial charge is 0.326 e. The van der Waals surface area contributed by atoms with E-state index in [-0.39, 0.29) is 11.8 Å². The van der Waals surface area contributed by atoms with Gasteiger partial charge in [0.15, 0.2) is 0 Å². The maximum atomic E-state index is 11.9. The van der Waals surface area contributed by atoms with Gasteiger partial charge in [0.2, 0.25) is 5.91 Å². The standard InChI is InChI=1S/C11H20N2O3/c1-2-8(7-12)6-10(14)13-5-3-4-9(13)11(15)16/h8-9H,2-7,12H2,1H3,(H,15,16). The predicted molar refractivity (Wildman–Crippen MR) is 59.8 cm³/mol. The fraction of sp³-hybridized carbons (Fsp3) is 0.818. The van der Waals surface area contributed by atoms with Crippen LogP contribution < -0.4 is 5.73 Å². The zero-order valence-corrected chi connectivity index (χ0v) is 9.69. The Labute approximate surface area is 95.6 Å². The molecule has 1 heterocycles. The van der Waals surface area contributed by atoms with Crippen LogP contribution in [0.3, 0.4) is 0 Å². The van der Waals surface area contributed by atoms with Crippen LogP contribution in [0.2, 0.25) is 0 Å². The molecule has 1 fully saturated rings. The maximum Gasteiger partial charge on any atom is 0.326 e. The molecule has 5 nitrogen and oxygen atoms in total. The average molecular weight is 228 g/mol. The van der Waals surface area contributed by atoms with Crippen LogP contribution in [0, 0.1) is 5.92 Å². The summed E-state index contributed by atoms with van der Waals surface area (Å²) in [7, 11) is 0.